The first-order valence-corrected chi connectivity index (χ1v) is 9.70. The maximum atomic E-state index is 3.39. The van der Waals surface area contributed by atoms with Gasteiger partial charge in [0.2, 0.25) is 0 Å². The maximum absolute atomic E-state index is 3.39. The van der Waals surface area contributed by atoms with Crippen molar-refractivity contribution in [3.05, 3.63) is 45.6 Å². The summed E-state index contributed by atoms with van der Waals surface area (Å²) >= 11 is 1.06. The van der Waals surface area contributed by atoms with Crippen molar-refractivity contribution in [3.63, 3.8) is 0 Å². The van der Waals surface area contributed by atoms with E-state index in [2.05, 4.69) is 71.8 Å². The normalized spacial score (nSPS) is 22.5. The van der Waals surface area contributed by atoms with Gasteiger partial charge in [-0.25, -0.2) is 11.1 Å². The van der Waals surface area contributed by atoms with Crippen LogP contribution >= 0.6 is 0 Å². The molecular weight excluding hydrogens is 478 g/mol. The van der Waals surface area contributed by atoms with Crippen LogP contribution in [0.5, 0.6) is 0 Å². The molecule has 2 atom stereocenters. The molecule has 124 valence electrons. The summed E-state index contributed by atoms with van der Waals surface area (Å²) < 4.78 is 3.39. The summed E-state index contributed by atoms with van der Waals surface area (Å²) in [5.41, 5.74) is 8.49. The molecule has 2 unspecified atom stereocenters. The fourth-order valence-electron chi connectivity index (χ4n) is 2.32. The molecule has 0 nitrogen and oxygen atoms in total. The van der Waals surface area contributed by atoms with Crippen LogP contribution in [0, 0.1) is 24.0 Å². The van der Waals surface area contributed by atoms with Gasteiger partial charge in [0.1, 0.15) is 0 Å². The van der Waals surface area contributed by atoms with Gasteiger partial charge in [0.15, 0.2) is 0 Å². The van der Waals surface area contributed by atoms with Gasteiger partial charge in [-0.2, -0.15) is 22.3 Å². The second kappa shape index (κ2) is 12.7. The van der Waals surface area contributed by atoms with Crippen LogP contribution in [-0.4, -0.2) is 4.26 Å². The Balaban J connectivity index is -0.000000273. The molecule has 0 saturated heterocycles. The fourth-order valence-corrected chi connectivity index (χ4v) is 2.32. The maximum Gasteiger partial charge on any atom is -1.00 e. The van der Waals surface area contributed by atoms with E-state index in [0.717, 1.165) is 23.9 Å². The van der Waals surface area contributed by atoms with E-state index in [9.17, 15) is 0 Å². The first-order chi connectivity index (χ1) is 9.25. The first-order valence-electron chi connectivity index (χ1n) is 7.16. The summed E-state index contributed by atoms with van der Waals surface area (Å²) in [7, 11) is 0. The molecule has 3 heteroatoms. The number of halogens is 2. The Morgan fingerprint density at radius 1 is 0.682 bits per heavy atom. The second-order valence-electron chi connectivity index (χ2n) is 5.60. The van der Waals surface area contributed by atoms with Gasteiger partial charge in [0, 0.05) is 0 Å². The molecule has 2 aliphatic rings. The van der Waals surface area contributed by atoms with Crippen LogP contribution in [0.15, 0.2) is 33.4 Å². The van der Waals surface area contributed by atoms with Crippen molar-refractivity contribution in [3.8, 4) is 0 Å². The molecule has 2 rings (SSSR count). The van der Waals surface area contributed by atoms with Crippen LogP contribution < -0.4 is 24.8 Å². The minimum Gasteiger partial charge on any atom is -1.00 e. The summed E-state index contributed by atoms with van der Waals surface area (Å²) in [5, 5.41) is 0. The number of hydrogen-bond acceptors (Lipinski definition) is 0. The smallest absolute Gasteiger partial charge is 1.00 e. The zero-order valence-corrected chi connectivity index (χ0v) is 20.2. The standard InChI is InChI=1S/2C9H13.CH2.2ClH.Hf/c2*1-6-5-7(2)9(4)8(6)3;;;;/h2*6H,1-4H3;1H2;2*1H;/q2*-1;;;;+2/p-2. The molecule has 0 fully saturated rings. The van der Waals surface area contributed by atoms with E-state index >= 15 is 0 Å². The van der Waals surface area contributed by atoms with Gasteiger partial charge in [-0.1, -0.05) is 53.4 Å². The predicted octanol–water partition coefficient (Wildman–Crippen LogP) is -0.583. The molecule has 2 aliphatic carbocycles. The third kappa shape index (κ3) is 7.23. The third-order valence-electron chi connectivity index (χ3n) is 4.47. The van der Waals surface area contributed by atoms with Gasteiger partial charge in [-0.3, -0.25) is 12.2 Å². The monoisotopic (exact) mass is 506 g/mol. The minimum absolute atomic E-state index is 0. The molecule has 0 aromatic heterocycles. The number of hydrogen-bond donors (Lipinski definition) is 0. The SMILES string of the molecule is CC1=[C-]C(C)C(C)=C1C.CC1=[C-]C(C)C(C)=C1C.[CH2]=[Hf+2].[Cl-].[Cl-]. The molecule has 0 aromatic carbocycles. The summed E-state index contributed by atoms with van der Waals surface area (Å²) in [4.78, 5) is 0. The van der Waals surface area contributed by atoms with E-state index in [4.69, 9.17) is 0 Å². The molecule has 22 heavy (non-hydrogen) atoms. The largest absolute Gasteiger partial charge is 1.00 e. The van der Waals surface area contributed by atoms with E-state index < -0.39 is 0 Å². The van der Waals surface area contributed by atoms with Crippen molar-refractivity contribution >= 4 is 4.26 Å². The zero-order valence-electron chi connectivity index (χ0n) is 15.1. The van der Waals surface area contributed by atoms with Gasteiger partial charge in [-0.15, -0.1) is 13.8 Å². The number of allylic oxidation sites excluding steroid dienone is 8. The van der Waals surface area contributed by atoms with Crippen LogP contribution in [0.3, 0.4) is 0 Å². The van der Waals surface area contributed by atoms with E-state index in [0.29, 0.717) is 11.8 Å². The summed E-state index contributed by atoms with van der Waals surface area (Å²) in [6.45, 7) is 17.3. The van der Waals surface area contributed by atoms with Crippen LogP contribution in [0.1, 0.15) is 55.4 Å². The molecule has 0 amide bonds. The topological polar surface area (TPSA) is 0 Å². The molecule has 0 radical (unpaired) electrons. The van der Waals surface area contributed by atoms with E-state index in [-0.39, 0.29) is 24.8 Å². The summed E-state index contributed by atoms with van der Waals surface area (Å²) in [5.74, 6) is 1.12. The molecule has 0 bridgehead atoms. The summed E-state index contributed by atoms with van der Waals surface area (Å²) in [6.07, 6.45) is 6.72. The van der Waals surface area contributed by atoms with E-state index in [1.54, 1.807) is 0 Å². The van der Waals surface area contributed by atoms with Crippen LogP contribution in [0.4, 0.5) is 0 Å². The van der Waals surface area contributed by atoms with Gasteiger partial charge in [0.05, 0.1) is 0 Å². The Kier molecular flexibility index (Phi) is 15.6. The summed E-state index contributed by atoms with van der Waals surface area (Å²) in [6, 6.07) is 0. The Labute approximate surface area is 165 Å². The molecule has 0 heterocycles. The Morgan fingerprint density at radius 3 is 0.955 bits per heavy atom. The first kappa shape index (κ1) is 27.1. The van der Waals surface area contributed by atoms with Gasteiger partial charge < -0.3 is 24.8 Å². The van der Waals surface area contributed by atoms with Crippen molar-refractivity contribution in [2.45, 2.75) is 55.4 Å². The van der Waals surface area contributed by atoms with E-state index in [1.165, 1.54) is 33.4 Å². The van der Waals surface area contributed by atoms with Gasteiger partial charge in [0.25, 0.3) is 0 Å². The van der Waals surface area contributed by atoms with Crippen molar-refractivity contribution in [1.82, 2.24) is 0 Å². The van der Waals surface area contributed by atoms with Crippen molar-refractivity contribution in [2.24, 2.45) is 11.8 Å². The van der Waals surface area contributed by atoms with Crippen LogP contribution in [0.25, 0.3) is 0 Å². The molecule has 0 aromatic rings. The zero-order chi connectivity index (χ0) is 16.0. The fraction of sp³-hybridized carbons (Fsp3) is 0.526. The second-order valence-corrected chi connectivity index (χ2v) is 5.60. The van der Waals surface area contributed by atoms with Gasteiger partial charge >= 0.3 is 28.2 Å². The third-order valence-corrected chi connectivity index (χ3v) is 4.47. The molecule has 0 aliphatic heterocycles. The van der Waals surface area contributed by atoms with E-state index in [1.807, 2.05) is 0 Å². The average Bonchev–Trinajstić information content (AvgIpc) is 2.78. The van der Waals surface area contributed by atoms with Crippen LogP contribution in [0.2, 0.25) is 0 Å². The average molecular weight is 506 g/mol. The Morgan fingerprint density at radius 2 is 0.909 bits per heavy atom. The van der Waals surface area contributed by atoms with Crippen molar-refractivity contribution < 1.29 is 48.7 Å². The Hall–Kier alpha value is 0.280. The van der Waals surface area contributed by atoms with Crippen molar-refractivity contribution in [1.29, 1.82) is 0 Å². The molecule has 0 N–H and O–H groups in total. The molecule has 0 saturated carbocycles. The van der Waals surface area contributed by atoms with Crippen molar-refractivity contribution in [2.75, 3.05) is 0 Å². The predicted molar refractivity (Wildman–Crippen MR) is 87.1 cm³/mol. The molecular formula is C19H28Cl2Hf-2. The minimum atomic E-state index is 0. The van der Waals surface area contributed by atoms with Gasteiger partial charge in [-0.05, 0) is 0 Å². The Bertz CT molecular complexity index is 438. The quantitative estimate of drug-likeness (QED) is 0.305. The van der Waals surface area contributed by atoms with Crippen LogP contribution in [-0.2, 0) is 23.9 Å². The molecule has 0 spiro atoms. The number of rotatable bonds is 0.